The zero-order valence-corrected chi connectivity index (χ0v) is 13.8. The molecule has 96 valence electrons. The summed E-state index contributed by atoms with van der Waals surface area (Å²) in [5, 5.41) is 0.640. The Morgan fingerprint density at radius 2 is 1.94 bits per heavy atom. The van der Waals surface area contributed by atoms with E-state index in [1.165, 1.54) is 6.42 Å². The Balaban J connectivity index is 2.87. The predicted octanol–water partition coefficient (Wildman–Crippen LogP) is 3.82. The number of rotatable bonds is 5. The van der Waals surface area contributed by atoms with E-state index in [0.717, 1.165) is 20.8 Å². The normalized spacial score (nSPS) is 13.1. The van der Waals surface area contributed by atoms with E-state index in [4.69, 9.17) is 5.73 Å². The summed E-state index contributed by atoms with van der Waals surface area (Å²) in [6.07, 6.45) is 1.17. The van der Waals surface area contributed by atoms with Crippen LogP contribution in [0.15, 0.2) is 0 Å². The topological polar surface area (TPSA) is 51.8 Å². The van der Waals surface area contributed by atoms with Crippen molar-refractivity contribution in [2.75, 3.05) is 5.73 Å². The lowest BCUT2D eigenvalue weighted by Crippen LogP contribution is -2.08. The molecule has 1 rings (SSSR count). The number of halogens is 1. The van der Waals surface area contributed by atoms with Crippen LogP contribution < -0.4 is 5.73 Å². The Morgan fingerprint density at radius 3 is 2.47 bits per heavy atom. The Bertz CT molecular complexity index is 382. The van der Waals surface area contributed by atoms with Gasteiger partial charge in [-0.05, 0) is 34.9 Å². The SMILES string of the molecule is CCC(C)SCc1nc(N)c(I)c(C(C)C)n1. The van der Waals surface area contributed by atoms with E-state index in [2.05, 4.69) is 60.3 Å². The van der Waals surface area contributed by atoms with Crippen LogP contribution in [0.3, 0.4) is 0 Å². The van der Waals surface area contributed by atoms with Crippen molar-refractivity contribution >= 4 is 40.2 Å². The summed E-state index contributed by atoms with van der Waals surface area (Å²) in [7, 11) is 0. The van der Waals surface area contributed by atoms with Crippen LogP contribution in [0.1, 0.15) is 51.6 Å². The van der Waals surface area contributed by atoms with Gasteiger partial charge in [-0.25, -0.2) is 9.97 Å². The molecule has 0 aliphatic carbocycles. The molecule has 1 atom stereocenters. The highest BCUT2D eigenvalue weighted by Crippen LogP contribution is 2.25. The monoisotopic (exact) mass is 365 g/mol. The number of thioether (sulfide) groups is 1. The van der Waals surface area contributed by atoms with Crippen LogP contribution >= 0.6 is 34.4 Å². The van der Waals surface area contributed by atoms with E-state index >= 15 is 0 Å². The lowest BCUT2D eigenvalue weighted by Gasteiger charge is -2.12. The predicted molar refractivity (Wildman–Crippen MR) is 84.3 cm³/mol. The molecule has 2 N–H and O–H groups in total. The van der Waals surface area contributed by atoms with E-state index in [1.54, 1.807) is 0 Å². The van der Waals surface area contributed by atoms with E-state index < -0.39 is 0 Å². The number of nitrogen functional groups attached to an aromatic ring is 1. The van der Waals surface area contributed by atoms with Gasteiger partial charge in [0.2, 0.25) is 0 Å². The molecule has 1 heterocycles. The molecular weight excluding hydrogens is 345 g/mol. The molecule has 1 aromatic heterocycles. The molecule has 0 spiro atoms. The van der Waals surface area contributed by atoms with Gasteiger partial charge in [-0.2, -0.15) is 11.8 Å². The first-order valence-corrected chi connectivity index (χ1v) is 8.01. The van der Waals surface area contributed by atoms with Gasteiger partial charge >= 0.3 is 0 Å². The smallest absolute Gasteiger partial charge is 0.140 e. The molecule has 0 aliphatic heterocycles. The number of hydrogen-bond acceptors (Lipinski definition) is 4. The highest BCUT2D eigenvalue weighted by molar-refractivity contribution is 14.1. The van der Waals surface area contributed by atoms with Crippen LogP contribution in [0.2, 0.25) is 0 Å². The second-order valence-corrected chi connectivity index (χ2v) is 6.91. The zero-order chi connectivity index (χ0) is 13.0. The summed E-state index contributed by atoms with van der Waals surface area (Å²) >= 11 is 4.11. The Hall–Kier alpha value is -0.0400. The number of nitrogens with two attached hydrogens (primary N) is 1. The molecule has 5 heteroatoms. The molecule has 0 aromatic carbocycles. The molecule has 0 radical (unpaired) electrons. The second-order valence-electron chi connectivity index (χ2n) is 4.41. The highest BCUT2D eigenvalue weighted by atomic mass is 127. The maximum Gasteiger partial charge on any atom is 0.140 e. The summed E-state index contributed by atoms with van der Waals surface area (Å²) in [5.41, 5.74) is 7.00. The summed E-state index contributed by atoms with van der Waals surface area (Å²) < 4.78 is 0.995. The Kier molecular flexibility index (Phi) is 5.99. The fourth-order valence-corrected chi connectivity index (χ4v) is 2.98. The maximum atomic E-state index is 5.93. The van der Waals surface area contributed by atoms with Gasteiger partial charge in [0.15, 0.2) is 0 Å². The lowest BCUT2D eigenvalue weighted by atomic mass is 10.1. The highest BCUT2D eigenvalue weighted by Gasteiger charge is 2.13. The number of nitrogens with zero attached hydrogens (tertiary/aromatic N) is 2. The van der Waals surface area contributed by atoms with Gasteiger partial charge in [0, 0.05) is 5.25 Å². The van der Waals surface area contributed by atoms with Crippen LogP contribution in [0.4, 0.5) is 5.82 Å². The number of hydrogen-bond donors (Lipinski definition) is 1. The molecule has 0 bridgehead atoms. The Morgan fingerprint density at radius 1 is 1.29 bits per heavy atom. The minimum absolute atomic E-state index is 0.388. The Labute approximate surface area is 122 Å². The van der Waals surface area contributed by atoms with Crippen molar-refractivity contribution in [3.05, 3.63) is 15.1 Å². The molecule has 0 fully saturated rings. The summed E-state index contributed by atoms with van der Waals surface area (Å²) in [6, 6.07) is 0. The summed E-state index contributed by atoms with van der Waals surface area (Å²) in [5.74, 6) is 2.70. The van der Waals surface area contributed by atoms with Gasteiger partial charge in [-0.15, -0.1) is 0 Å². The van der Waals surface area contributed by atoms with Crippen molar-refractivity contribution in [2.24, 2.45) is 0 Å². The quantitative estimate of drug-likeness (QED) is 0.806. The van der Waals surface area contributed by atoms with Gasteiger partial charge in [0.25, 0.3) is 0 Å². The molecule has 0 aliphatic rings. The molecule has 17 heavy (non-hydrogen) atoms. The molecule has 3 nitrogen and oxygen atoms in total. The van der Waals surface area contributed by atoms with E-state index in [-0.39, 0.29) is 0 Å². The molecule has 0 saturated carbocycles. The standard InChI is InChI=1S/C12H20IN3S/c1-5-8(4)17-6-9-15-11(7(2)3)10(13)12(14)16-9/h7-8H,5-6H2,1-4H3,(H2,14,15,16). The molecule has 1 aromatic rings. The van der Waals surface area contributed by atoms with E-state index in [9.17, 15) is 0 Å². The van der Waals surface area contributed by atoms with Crippen LogP contribution in [0.25, 0.3) is 0 Å². The van der Waals surface area contributed by atoms with Gasteiger partial charge < -0.3 is 5.73 Å². The molecule has 0 amide bonds. The van der Waals surface area contributed by atoms with Gasteiger partial charge in [0.1, 0.15) is 11.6 Å². The lowest BCUT2D eigenvalue weighted by molar-refractivity contribution is 0.792. The zero-order valence-electron chi connectivity index (χ0n) is 10.8. The first-order valence-electron chi connectivity index (χ1n) is 5.89. The van der Waals surface area contributed by atoms with Crippen molar-refractivity contribution in [3.8, 4) is 0 Å². The minimum Gasteiger partial charge on any atom is -0.383 e. The van der Waals surface area contributed by atoms with E-state index in [1.807, 2.05) is 11.8 Å². The van der Waals surface area contributed by atoms with Crippen molar-refractivity contribution < 1.29 is 0 Å². The third-order valence-electron chi connectivity index (χ3n) is 2.57. The average Bonchev–Trinajstić information content (AvgIpc) is 2.29. The third kappa shape index (κ3) is 4.28. The largest absolute Gasteiger partial charge is 0.383 e. The third-order valence-corrected chi connectivity index (χ3v) is 5.00. The van der Waals surface area contributed by atoms with E-state index in [0.29, 0.717) is 17.0 Å². The number of aromatic nitrogens is 2. The van der Waals surface area contributed by atoms with Crippen molar-refractivity contribution in [3.63, 3.8) is 0 Å². The number of anilines is 1. The molecule has 1 unspecified atom stereocenters. The van der Waals surface area contributed by atoms with Crippen LogP contribution in [-0.2, 0) is 5.75 Å². The van der Waals surface area contributed by atoms with Gasteiger partial charge in [-0.1, -0.05) is 27.7 Å². The fraction of sp³-hybridized carbons (Fsp3) is 0.667. The van der Waals surface area contributed by atoms with Crippen molar-refractivity contribution in [1.29, 1.82) is 0 Å². The first kappa shape index (κ1) is 15.0. The van der Waals surface area contributed by atoms with Gasteiger partial charge in [-0.3, -0.25) is 0 Å². The molecule has 0 saturated heterocycles. The second kappa shape index (κ2) is 6.78. The van der Waals surface area contributed by atoms with Crippen molar-refractivity contribution in [2.45, 2.75) is 51.0 Å². The van der Waals surface area contributed by atoms with Crippen molar-refractivity contribution in [1.82, 2.24) is 9.97 Å². The van der Waals surface area contributed by atoms with Crippen LogP contribution in [0.5, 0.6) is 0 Å². The minimum atomic E-state index is 0.388. The summed E-state index contributed by atoms with van der Waals surface area (Å²) in [4.78, 5) is 8.98. The molecular formula is C12H20IN3S. The summed E-state index contributed by atoms with van der Waals surface area (Å²) in [6.45, 7) is 8.69. The average molecular weight is 365 g/mol. The van der Waals surface area contributed by atoms with Crippen LogP contribution in [0, 0.1) is 3.57 Å². The first-order chi connectivity index (χ1) is 7.95. The fourth-order valence-electron chi connectivity index (χ4n) is 1.31. The van der Waals surface area contributed by atoms with Gasteiger partial charge in [0.05, 0.1) is 15.0 Å². The van der Waals surface area contributed by atoms with Crippen LogP contribution in [-0.4, -0.2) is 15.2 Å². The maximum absolute atomic E-state index is 5.93.